The molecule has 0 unspecified atom stereocenters. The third kappa shape index (κ3) is 5.49. The van der Waals surface area contributed by atoms with Crippen LogP contribution in [0.4, 0.5) is 0 Å². The van der Waals surface area contributed by atoms with E-state index < -0.39 is 10.0 Å². The fourth-order valence-electron chi connectivity index (χ4n) is 3.79. The van der Waals surface area contributed by atoms with Crippen molar-refractivity contribution in [3.8, 4) is 6.07 Å². The van der Waals surface area contributed by atoms with E-state index in [-0.39, 0.29) is 18.2 Å². The van der Waals surface area contributed by atoms with E-state index in [1.807, 2.05) is 32.0 Å². The van der Waals surface area contributed by atoms with Crippen LogP contribution in [0.2, 0.25) is 0 Å². The molecule has 164 valence electrons. The second-order valence-corrected chi connectivity index (χ2v) is 9.89. The molecule has 3 rings (SSSR count). The summed E-state index contributed by atoms with van der Waals surface area (Å²) >= 11 is 0. The summed E-state index contributed by atoms with van der Waals surface area (Å²) in [5.74, 6) is -0.274. The van der Waals surface area contributed by atoms with E-state index in [1.54, 1.807) is 29.4 Å². The Labute approximate surface area is 184 Å². The minimum atomic E-state index is -3.58. The van der Waals surface area contributed by atoms with Gasteiger partial charge >= 0.3 is 0 Å². The van der Waals surface area contributed by atoms with Crippen molar-refractivity contribution in [2.45, 2.75) is 44.6 Å². The molecule has 1 aliphatic rings. The molecule has 0 saturated carbocycles. The Hall–Kier alpha value is -2.76. The number of aromatic nitrogens is 1. The van der Waals surface area contributed by atoms with Gasteiger partial charge in [0.1, 0.15) is 0 Å². The maximum atomic E-state index is 13.1. The Morgan fingerprint density at radius 3 is 2.58 bits per heavy atom. The van der Waals surface area contributed by atoms with Gasteiger partial charge in [0.15, 0.2) is 0 Å². The average Bonchev–Trinajstić information content (AvgIpc) is 2.78. The van der Waals surface area contributed by atoms with Crippen molar-refractivity contribution >= 4 is 15.9 Å². The first kappa shape index (κ1) is 22.9. The summed E-state index contributed by atoms with van der Waals surface area (Å²) in [5.41, 5.74) is 2.90. The Balaban J connectivity index is 1.67. The summed E-state index contributed by atoms with van der Waals surface area (Å²) in [7, 11) is -3.58. The lowest BCUT2D eigenvalue weighted by atomic mass is 9.96. The van der Waals surface area contributed by atoms with Crippen LogP contribution in [0.15, 0.2) is 47.6 Å². The molecule has 7 nitrogen and oxygen atoms in total. The van der Waals surface area contributed by atoms with Gasteiger partial charge in [0.25, 0.3) is 0 Å². The highest BCUT2D eigenvalue weighted by Gasteiger charge is 2.34. The van der Waals surface area contributed by atoms with Crippen LogP contribution in [-0.4, -0.2) is 48.1 Å². The minimum Gasteiger partial charge on any atom is -0.337 e. The standard InChI is InChI=1S/C23H28N4O3S/c1-18-6-7-22(15-19(18)2)31(29,30)27-13-8-21(9-14-27)23(28)26(12-4-10-24)17-20-5-3-11-25-16-20/h3,5-7,11,15-16,21H,4,8-9,12-14,17H2,1-2H3. The van der Waals surface area contributed by atoms with Crippen molar-refractivity contribution in [3.05, 3.63) is 59.4 Å². The first-order chi connectivity index (χ1) is 14.8. The molecule has 0 aliphatic carbocycles. The summed E-state index contributed by atoms with van der Waals surface area (Å²) < 4.78 is 27.5. The first-order valence-electron chi connectivity index (χ1n) is 10.4. The molecule has 1 saturated heterocycles. The highest BCUT2D eigenvalue weighted by Crippen LogP contribution is 2.26. The molecule has 2 aromatic rings. The van der Waals surface area contributed by atoms with Gasteiger partial charge in [0.05, 0.1) is 17.4 Å². The van der Waals surface area contributed by atoms with Crippen LogP contribution in [0.1, 0.15) is 36.0 Å². The lowest BCUT2D eigenvalue weighted by Gasteiger charge is -2.33. The van der Waals surface area contributed by atoms with Gasteiger partial charge in [-0.3, -0.25) is 9.78 Å². The predicted molar refractivity (Wildman–Crippen MR) is 117 cm³/mol. The van der Waals surface area contributed by atoms with Crippen LogP contribution in [-0.2, 0) is 21.4 Å². The van der Waals surface area contributed by atoms with Crippen molar-refractivity contribution in [2.75, 3.05) is 19.6 Å². The number of carbonyl (C=O) groups excluding carboxylic acids is 1. The van der Waals surface area contributed by atoms with Crippen LogP contribution in [0.5, 0.6) is 0 Å². The molecule has 2 heterocycles. The number of carbonyl (C=O) groups is 1. The van der Waals surface area contributed by atoms with E-state index in [0.29, 0.717) is 43.9 Å². The number of amides is 1. The third-order valence-corrected chi connectivity index (χ3v) is 7.72. The number of benzene rings is 1. The maximum Gasteiger partial charge on any atom is 0.243 e. The molecular weight excluding hydrogens is 412 g/mol. The molecule has 1 aromatic carbocycles. The van der Waals surface area contributed by atoms with Gasteiger partial charge in [-0.1, -0.05) is 12.1 Å². The number of sulfonamides is 1. The molecule has 1 fully saturated rings. The van der Waals surface area contributed by atoms with Gasteiger partial charge in [0.2, 0.25) is 15.9 Å². The number of aryl methyl sites for hydroxylation is 2. The fraction of sp³-hybridized carbons (Fsp3) is 0.435. The van der Waals surface area contributed by atoms with Crippen LogP contribution >= 0.6 is 0 Å². The summed E-state index contributed by atoms with van der Waals surface area (Å²) in [5, 5.41) is 8.97. The molecule has 1 amide bonds. The summed E-state index contributed by atoms with van der Waals surface area (Å²) in [6.07, 6.45) is 4.59. The largest absolute Gasteiger partial charge is 0.337 e. The van der Waals surface area contributed by atoms with Crippen LogP contribution < -0.4 is 0 Å². The lowest BCUT2D eigenvalue weighted by molar-refractivity contribution is -0.137. The summed E-state index contributed by atoms with van der Waals surface area (Å²) in [6, 6.07) is 11.0. The average molecular weight is 441 g/mol. The molecule has 0 radical (unpaired) electrons. The quantitative estimate of drug-likeness (QED) is 0.660. The molecule has 1 aliphatic heterocycles. The monoisotopic (exact) mass is 440 g/mol. The first-order valence-corrected chi connectivity index (χ1v) is 11.9. The molecule has 1 aromatic heterocycles. The third-order valence-electron chi connectivity index (χ3n) is 5.82. The second kappa shape index (κ2) is 10.0. The zero-order valence-corrected chi connectivity index (χ0v) is 18.8. The Kier molecular flexibility index (Phi) is 7.42. The highest BCUT2D eigenvalue weighted by molar-refractivity contribution is 7.89. The Morgan fingerprint density at radius 2 is 1.97 bits per heavy atom. The van der Waals surface area contributed by atoms with Crippen molar-refractivity contribution in [1.29, 1.82) is 5.26 Å². The van der Waals surface area contributed by atoms with Gasteiger partial charge in [0, 0.05) is 44.5 Å². The topological polar surface area (TPSA) is 94.4 Å². The van der Waals surface area contributed by atoms with E-state index in [9.17, 15) is 13.2 Å². The summed E-state index contributed by atoms with van der Waals surface area (Å²) in [6.45, 7) is 5.22. The smallest absolute Gasteiger partial charge is 0.243 e. The zero-order chi connectivity index (χ0) is 22.4. The molecular formula is C23H28N4O3S. The van der Waals surface area contributed by atoms with Gasteiger partial charge in [-0.05, 0) is 61.6 Å². The maximum absolute atomic E-state index is 13.1. The van der Waals surface area contributed by atoms with Crippen molar-refractivity contribution in [2.24, 2.45) is 5.92 Å². The van der Waals surface area contributed by atoms with E-state index in [0.717, 1.165) is 16.7 Å². The van der Waals surface area contributed by atoms with Crippen molar-refractivity contribution in [1.82, 2.24) is 14.2 Å². The molecule has 0 N–H and O–H groups in total. The van der Waals surface area contributed by atoms with Crippen molar-refractivity contribution in [3.63, 3.8) is 0 Å². The van der Waals surface area contributed by atoms with E-state index in [2.05, 4.69) is 11.1 Å². The molecule has 31 heavy (non-hydrogen) atoms. The molecule has 0 spiro atoms. The number of hydrogen-bond donors (Lipinski definition) is 0. The summed E-state index contributed by atoms with van der Waals surface area (Å²) in [4.78, 5) is 19.2. The van der Waals surface area contributed by atoms with Gasteiger partial charge in [-0.2, -0.15) is 9.57 Å². The van der Waals surface area contributed by atoms with Crippen molar-refractivity contribution < 1.29 is 13.2 Å². The van der Waals surface area contributed by atoms with E-state index in [1.165, 1.54) is 4.31 Å². The minimum absolute atomic E-state index is 0.0256. The number of nitriles is 1. The number of nitrogens with zero attached hydrogens (tertiary/aromatic N) is 4. The molecule has 0 atom stereocenters. The Bertz CT molecular complexity index is 1060. The van der Waals surface area contributed by atoms with Gasteiger partial charge in [-0.25, -0.2) is 8.42 Å². The highest BCUT2D eigenvalue weighted by atomic mass is 32.2. The van der Waals surface area contributed by atoms with E-state index >= 15 is 0 Å². The van der Waals surface area contributed by atoms with Crippen LogP contribution in [0.3, 0.4) is 0 Å². The zero-order valence-electron chi connectivity index (χ0n) is 18.0. The van der Waals surface area contributed by atoms with Crippen LogP contribution in [0, 0.1) is 31.1 Å². The van der Waals surface area contributed by atoms with Gasteiger partial charge in [-0.15, -0.1) is 0 Å². The fourth-order valence-corrected chi connectivity index (χ4v) is 5.34. The number of hydrogen-bond acceptors (Lipinski definition) is 5. The molecule has 0 bridgehead atoms. The number of rotatable bonds is 7. The number of piperidine rings is 1. The predicted octanol–water partition coefficient (Wildman–Crippen LogP) is 3.04. The molecule has 8 heteroatoms. The van der Waals surface area contributed by atoms with Crippen LogP contribution in [0.25, 0.3) is 0 Å². The van der Waals surface area contributed by atoms with E-state index in [4.69, 9.17) is 5.26 Å². The Morgan fingerprint density at radius 1 is 1.23 bits per heavy atom. The SMILES string of the molecule is Cc1ccc(S(=O)(=O)N2CCC(C(=O)N(CCC#N)Cc3cccnc3)CC2)cc1C. The second-order valence-electron chi connectivity index (χ2n) is 7.95. The number of pyridine rings is 1. The lowest BCUT2D eigenvalue weighted by Crippen LogP contribution is -2.44. The van der Waals surface area contributed by atoms with Gasteiger partial charge < -0.3 is 4.90 Å². The normalized spacial score (nSPS) is 15.4.